The molecule has 1 atom stereocenters. The predicted molar refractivity (Wildman–Crippen MR) is 78.1 cm³/mol. The highest BCUT2D eigenvalue weighted by atomic mass is 32.1. The molecule has 0 saturated heterocycles. The number of hydrogen-bond donors (Lipinski definition) is 1. The first-order valence-corrected chi connectivity index (χ1v) is 8.03. The van der Waals surface area contributed by atoms with Gasteiger partial charge >= 0.3 is 0 Å². The van der Waals surface area contributed by atoms with Crippen molar-refractivity contribution in [3.63, 3.8) is 0 Å². The monoisotopic (exact) mass is 267 g/mol. The number of nitrogens with one attached hydrogen (secondary N) is 1. The van der Waals surface area contributed by atoms with E-state index >= 15 is 0 Å². The summed E-state index contributed by atoms with van der Waals surface area (Å²) in [5.74, 6) is 0.822. The number of hydrogen-bond acceptors (Lipinski definition) is 3. The van der Waals surface area contributed by atoms with E-state index in [9.17, 15) is 0 Å². The Bertz CT molecular complexity index is 317. The molecule has 1 N–H and O–H groups in total. The molecule has 0 spiro atoms. The van der Waals surface area contributed by atoms with Crippen molar-refractivity contribution < 1.29 is 4.74 Å². The molecule has 0 aliphatic heterocycles. The van der Waals surface area contributed by atoms with Crippen LogP contribution in [0.3, 0.4) is 0 Å². The number of rotatable bonds is 7. The Labute approximate surface area is 115 Å². The Morgan fingerprint density at radius 3 is 2.78 bits per heavy atom. The molecular weight excluding hydrogens is 242 g/mol. The van der Waals surface area contributed by atoms with E-state index in [0.717, 1.165) is 19.1 Å². The topological polar surface area (TPSA) is 21.3 Å². The van der Waals surface area contributed by atoms with Crippen LogP contribution < -0.4 is 5.32 Å². The summed E-state index contributed by atoms with van der Waals surface area (Å²) < 4.78 is 5.61. The highest BCUT2D eigenvalue weighted by Gasteiger charge is 2.26. The minimum atomic E-state index is 0.332. The third kappa shape index (κ3) is 4.08. The molecule has 102 valence electrons. The summed E-state index contributed by atoms with van der Waals surface area (Å²) >= 11 is 1.88. The zero-order chi connectivity index (χ0) is 12.8. The second-order valence-electron chi connectivity index (χ2n) is 5.41. The van der Waals surface area contributed by atoms with Gasteiger partial charge in [0.2, 0.25) is 0 Å². The van der Waals surface area contributed by atoms with Gasteiger partial charge in [0.25, 0.3) is 0 Å². The summed E-state index contributed by atoms with van der Waals surface area (Å²) in [5.41, 5.74) is 0. The van der Waals surface area contributed by atoms with Crippen LogP contribution in [-0.4, -0.2) is 19.3 Å². The van der Waals surface area contributed by atoms with E-state index in [1.165, 1.54) is 30.6 Å². The van der Waals surface area contributed by atoms with E-state index in [-0.39, 0.29) is 0 Å². The van der Waals surface area contributed by atoms with Crippen LogP contribution in [0.15, 0.2) is 17.5 Å². The van der Waals surface area contributed by atoms with Crippen LogP contribution in [0.1, 0.15) is 50.4 Å². The molecule has 1 aliphatic carbocycles. The predicted octanol–water partition coefficient (Wildman–Crippen LogP) is 3.99. The standard InChI is InChI=1S/C15H25NOS/c1-12(2)17-10-9-16-15(13-6-3-4-7-13)14-8-5-11-18-14/h5,8,11-13,15-16H,3-4,6-7,9-10H2,1-2H3. The normalized spacial score (nSPS) is 18.6. The largest absolute Gasteiger partial charge is 0.377 e. The Kier molecular flexibility index (Phi) is 5.67. The summed E-state index contributed by atoms with van der Waals surface area (Å²) in [5, 5.41) is 5.89. The lowest BCUT2D eigenvalue weighted by molar-refractivity contribution is 0.0781. The lowest BCUT2D eigenvalue weighted by Gasteiger charge is -2.24. The Morgan fingerprint density at radius 2 is 2.17 bits per heavy atom. The van der Waals surface area contributed by atoms with Crippen LogP contribution in [0.25, 0.3) is 0 Å². The molecule has 1 fully saturated rings. The first-order valence-electron chi connectivity index (χ1n) is 7.15. The molecule has 1 saturated carbocycles. The molecule has 1 aliphatic rings. The van der Waals surface area contributed by atoms with Gasteiger partial charge in [0, 0.05) is 17.5 Å². The molecular formula is C15H25NOS. The van der Waals surface area contributed by atoms with Crippen molar-refractivity contribution in [2.75, 3.05) is 13.2 Å². The van der Waals surface area contributed by atoms with E-state index in [4.69, 9.17) is 4.74 Å². The van der Waals surface area contributed by atoms with Gasteiger partial charge in [0.05, 0.1) is 12.7 Å². The van der Waals surface area contributed by atoms with Crippen LogP contribution in [0.2, 0.25) is 0 Å². The van der Waals surface area contributed by atoms with E-state index < -0.39 is 0 Å². The fourth-order valence-corrected chi connectivity index (χ4v) is 3.66. The van der Waals surface area contributed by atoms with Gasteiger partial charge in [-0.15, -0.1) is 11.3 Å². The van der Waals surface area contributed by atoms with Gasteiger partial charge in [-0.3, -0.25) is 0 Å². The molecule has 0 amide bonds. The molecule has 18 heavy (non-hydrogen) atoms. The smallest absolute Gasteiger partial charge is 0.0594 e. The third-order valence-electron chi connectivity index (χ3n) is 3.64. The fourth-order valence-electron chi connectivity index (χ4n) is 2.77. The lowest BCUT2D eigenvalue weighted by atomic mass is 9.97. The second-order valence-corrected chi connectivity index (χ2v) is 6.39. The van der Waals surface area contributed by atoms with Gasteiger partial charge in [-0.05, 0) is 44.1 Å². The van der Waals surface area contributed by atoms with E-state index in [0.29, 0.717) is 12.1 Å². The van der Waals surface area contributed by atoms with E-state index in [1.54, 1.807) is 0 Å². The molecule has 1 heterocycles. The summed E-state index contributed by atoms with van der Waals surface area (Å²) in [4.78, 5) is 1.49. The first-order chi connectivity index (χ1) is 8.77. The van der Waals surface area contributed by atoms with Gasteiger partial charge in [0.15, 0.2) is 0 Å². The van der Waals surface area contributed by atoms with Crippen LogP contribution in [0.4, 0.5) is 0 Å². The van der Waals surface area contributed by atoms with Crippen LogP contribution in [0, 0.1) is 5.92 Å². The highest BCUT2D eigenvalue weighted by Crippen LogP contribution is 2.37. The Balaban J connectivity index is 1.85. The average Bonchev–Trinajstić information content (AvgIpc) is 3.01. The summed E-state index contributed by atoms with van der Waals surface area (Å²) in [6, 6.07) is 4.97. The third-order valence-corrected chi connectivity index (χ3v) is 4.59. The molecule has 3 heteroatoms. The zero-order valence-electron chi connectivity index (χ0n) is 11.5. The van der Waals surface area contributed by atoms with Crippen molar-refractivity contribution in [1.29, 1.82) is 0 Å². The summed E-state index contributed by atoms with van der Waals surface area (Å²) in [6.45, 7) is 5.95. The van der Waals surface area contributed by atoms with E-state index in [1.807, 2.05) is 11.3 Å². The fraction of sp³-hybridized carbons (Fsp3) is 0.733. The molecule has 0 bridgehead atoms. The van der Waals surface area contributed by atoms with Crippen LogP contribution in [0.5, 0.6) is 0 Å². The molecule has 1 aromatic rings. The van der Waals surface area contributed by atoms with Gasteiger partial charge in [0.1, 0.15) is 0 Å². The Morgan fingerprint density at radius 1 is 1.39 bits per heavy atom. The van der Waals surface area contributed by atoms with Crippen molar-refractivity contribution in [2.45, 2.75) is 51.7 Å². The van der Waals surface area contributed by atoms with E-state index in [2.05, 4.69) is 36.7 Å². The zero-order valence-corrected chi connectivity index (χ0v) is 12.3. The van der Waals surface area contributed by atoms with Crippen molar-refractivity contribution >= 4 is 11.3 Å². The van der Waals surface area contributed by atoms with Crippen molar-refractivity contribution in [1.82, 2.24) is 5.32 Å². The first kappa shape index (κ1) is 14.0. The van der Waals surface area contributed by atoms with Gasteiger partial charge in [-0.25, -0.2) is 0 Å². The maximum absolute atomic E-state index is 5.61. The minimum absolute atomic E-state index is 0.332. The lowest BCUT2D eigenvalue weighted by Crippen LogP contribution is -2.30. The van der Waals surface area contributed by atoms with Crippen LogP contribution >= 0.6 is 11.3 Å². The summed E-state index contributed by atoms with van der Waals surface area (Å²) in [7, 11) is 0. The maximum atomic E-state index is 5.61. The van der Waals surface area contributed by atoms with Crippen molar-refractivity contribution in [2.24, 2.45) is 5.92 Å². The molecule has 0 aromatic carbocycles. The quantitative estimate of drug-likeness (QED) is 0.754. The molecule has 2 rings (SSSR count). The SMILES string of the molecule is CC(C)OCCNC(c1cccs1)C1CCCC1. The number of ether oxygens (including phenoxy) is 1. The maximum Gasteiger partial charge on any atom is 0.0594 e. The minimum Gasteiger partial charge on any atom is -0.377 e. The second kappa shape index (κ2) is 7.27. The van der Waals surface area contributed by atoms with Crippen molar-refractivity contribution in [3.8, 4) is 0 Å². The van der Waals surface area contributed by atoms with Crippen LogP contribution in [-0.2, 0) is 4.74 Å². The molecule has 0 radical (unpaired) electrons. The highest BCUT2D eigenvalue weighted by molar-refractivity contribution is 7.10. The summed E-state index contributed by atoms with van der Waals surface area (Å²) in [6.07, 6.45) is 5.88. The van der Waals surface area contributed by atoms with Gasteiger partial charge in [-0.1, -0.05) is 18.9 Å². The molecule has 1 unspecified atom stereocenters. The Hall–Kier alpha value is -0.380. The van der Waals surface area contributed by atoms with Gasteiger partial charge in [-0.2, -0.15) is 0 Å². The molecule has 1 aromatic heterocycles. The average molecular weight is 267 g/mol. The van der Waals surface area contributed by atoms with Gasteiger partial charge < -0.3 is 10.1 Å². The molecule has 2 nitrogen and oxygen atoms in total. The number of thiophene rings is 1. The van der Waals surface area contributed by atoms with Crippen molar-refractivity contribution in [3.05, 3.63) is 22.4 Å².